The van der Waals surface area contributed by atoms with Gasteiger partial charge in [0.15, 0.2) is 0 Å². The number of hydrogen-bond donors (Lipinski definition) is 2. The summed E-state index contributed by atoms with van der Waals surface area (Å²) in [4.78, 5) is 25.2. The fourth-order valence-corrected chi connectivity index (χ4v) is 3.80. The van der Waals surface area contributed by atoms with Crippen molar-refractivity contribution < 1.29 is 14.7 Å². The van der Waals surface area contributed by atoms with Crippen LogP contribution in [0.5, 0.6) is 0 Å². The molecule has 0 unspecified atom stereocenters. The maximum Gasteiger partial charge on any atom is 0.326 e. The molecule has 132 valence electrons. The van der Waals surface area contributed by atoms with Crippen molar-refractivity contribution in [3.63, 3.8) is 0 Å². The summed E-state index contributed by atoms with van der Waals surface area (Å²) < 4.78 is 0. The van der Waals surface area contributed by atoms with Crippen LogP contribution in [0.25, 0.3) is 0 Å². The van der Waals surface area contributed by atoms with E-state index in [1.807, 2.05) is 66.9 Å². The molecule has 25 heavy (non-hydrogen) atoms. The molecule has 0 saturated carbocycles. The summed E-state index contributed by atoms with van der Waals surface area (Å²) >= 11 is 2.98. The van der Waals surface area contributed by atoms with Crippen LogP contribution in [0.4, 0.5) is 0 Å². The zero-order chi connectivity index (χ0) is 18.1. The SMILES string of the molecule is CSCC[C@@H](NC(=O)[C@H](Sc1ccccc1)c1ccccc1)C(=O)O. The van der Waals surface area contributed by atoms with E-state index < -0.39 is 17.3 Å². The molecule has 2 rings (SSSR count). The fraction of sp³-hybridized carbons (Fsp3) is 0.263. The molecule has 0 heterocycles. The summed E-state index contributed by atoms with van der Waals surface area (Å²) in [6.07, 6.45) is 2.32. The van der Waals surface area contributed by atoms with Crippen molar-refractivity contribution in [2.24, 2.45) is 0 Å². The number of nitrogens with one attached hydrogen (secondary N) is 1. The first-order chi connectivity index (χ1) is 12.1. The third kappa shape index (κ3) is 6.14. The number of carbonyl (C=O) groups is 2. The quantitative estimate of drug-likeness (QED) is 0.652. The summed E-state index contributed by atoms with van der Waals surface area (Å²) in [5.41, 5.74) is 0.850. The van der Waals surface area contributed by atoms with Crippen molar-refractivity contribution in [3.05, 3.63) is 66.2 Å². The number of rotatable bonds is 9. The zero-order valence-electron chi connectivity index (χ0n) is 13.9. The summed E-state index contributed by atoms with van der Waals surface area (Å²) in [5, 5.41) is 11.6. The molecule has 2 aromatic rings. The first kappa shape index (κ1) is 19.4. The Kier molecular flexibility index (Phi) is 7.88. The topological polar surface area (TPSA) is 66.4 Å². The average Bonchev–Trinajstić information content (AvgIpc) is 2.64. The van der Waals surface area contributed by atoms with Gasteiger partial charge < -0.3 is 10.4 Å². The summed E-state index contributed by atoms with van der Waals surface area (Å²) in [5.74, 6) is -0.605. The van der Waals surface area contributed by atoms with E-state index in [1.165, 1.54) is 11.8 Å². The maximum absolute atomic E-state index is 12.8. The zero-order valence-corrected chi connectivity index (χ0v) is 15.6. The van der Waals surface area contributed by atoms with Gasteiger partial charge in [-0.1, -0.05) is 48.5 Å². The molecule has 0 aliphatic heterocycles. The first-order valence-corrected chi connectivity index (χ1v) is 10.2. The van der Waals surface area contributed by atoms with Crippen LogP contribution >= 0.6 is 23.5 Å². The van der Waals surface area contributed by atoms with E-state index in [-0.39, 0.29) is 5.91 Å². The van der Waals surface area contributed by atoms with Crippen LogP contribution in [-0.4, -0.2) is 35.0 Å². The standard InChI is InChI=1S/C19H21NO3S2/c1-24-13-12-16(19(22)23)20-18(21)17(14-8-4-2-5-9-14)25-15-10-6-3-7-11-15/h2-11,16-17H,12-13H2,1H3,(H,20,21)(H,22,23)/t16-,17-/m1/s1. The summed E-state index contributed by atoms with van der Waals surface area (Å²) in [6.45, 7) is 0. The van der Waals surface area contributed by atoms with Crippen LogP contribution in [-0.2, 0) is 9.59 Å². The van der Waals surface area contributed by atoms with Gasteiger partial charge in [0.1, 0.15) is 11.3 Å². The van der Waals surface area contributed by atoms with Gasteiger partial charge in [0.25, 0.3) is 0 Å². The highest BCUT2D eigenvalue weighted by molar-refractivity contribution is 8.00. The number of carboxylic acids is 1. The Bertz CT molecular complexity index is 680. The van der Waals surface area contributed by atoms with Crippen molar-refractivity contribution in [1.82, 2.24) is 5.32 Å². The molecule has 4 nitrogen and oxygen atoms in total. The van der Waals surface area contributed by atoms with Gasteiger partial charge in [-0.05, 0) is 36.1 Å². The molecule has 0 saturated heterocycles. The third-order valence-corrected chi connectivity index (χ3v) is 5.47. The van der Waals surface area contributed by atoms with Crippen LogP contribution in [0.3, 0.4) is 0 Å². The Labute approximate surface area is 156 Å². The lowest BCUT2D eigenvalue weighted by Gasteiger charge is -2.20. The molecule has 0 radical (unpaired) electrons. The second-order valence-electron chi connectivity index (χ2n) is 5.40. The third-order valence-electron chi connectivity index (χ3n) is 3.56. The second kappa shape index (κ2) is 10.2. The highest BCUT2D eigenvalue weighted by Crippen LogP contribution is 2.35. The fourth-order valence-electron chi connectivity index (χ4n) is 2.28. The molecule has 0 aromatic heterocycles. The Balaban J connectivity index is 2.19. The molecule has 2 aromatic carbocycles. The summed E-state index contributed by atoms with van der Waals surface area (Å²) in [6, 6.07) is 18.2. The predicted octanol–water partition coefficient (Wildman–Crippen LogP) is 3.84. The van der Waals surface area contributed by atoms with Gasteiger partial charge >= 0.3 is 5.97 Å². The Morgan fingerprint density at radius 2 is 1.64 bits per heavy atom. The van der Waals surface area contributed by atoms with Gasteiger partial charge in [0, 0.05) is 4.90 Å². The highest BCUT2D eigenvalue weighted by atomic mass is 32.2. The molecule has 6 heteroatoms. The van der Waals surface area contributed by atoms with Crippen molar-refractivity contribution in [2.45, 2.75) is 22.6 Å². The molecule has 0 fully saturated rings. The van der Waals surface area contributed by atoms with Gasteiger partial charge in [0.2, 0.25) is 5.91 Å². The average molecular weight is 376 g/mol. The van der Waals surface area contributed by atoms with Gasteiger partial charge in [-0.3, -0.25) is 4.79 Å². The number of aliphatic carboxylic acids is 1. The van der Waals surface area contributed by atoms with E-state index in [0.29, 0.717) is 12.2 Å². The van der Waals surface area contributed by atoms with Crippen LogP contribution in [0.2, 0.25) is 0 Å². The minimum Gasteiger partial charge on any atom is -0.480 e. The molecular weight excluding hydrogens is 354 g/mol. The first-order valence-electron chi connectivity index (χ1n) is 7.90. The molecule has 2 N–H and O–H groups in total. The lowest BCUT2D eigenvalue weighted by Crippen LogP contribution is -2.42. The maximum atomic E-state index is 12.8. The summed E-state index contributed by atoms with van der Waals surface area (Å²) in [7, 11) is 0. The molecule has 0 bridgehead atoms. The largest absolute Gasteiger partial charge is 0.480 e. The number of amides is 1. The van der Waals surface area contributed by atoms with Gasteiger partial charge in [-0.15, -0.1) is 11.8 Å². The molecule has 1 amide bonds. The molecule has 2 atom stereocenters. The van der Waals surface area contributed by atoms with Crippen LogP contribution in [0, 0.1) is 0 Å². The molecule has 0 spiro atoms. The Morgan fingerprint density at radius 1 is 1.04 bits per heavy atom. The normalized spacial score (nSPS) is 13.0. The van der Waals surface area contributed by atoms with Crippen LogP contribution < -0.4 is 5.32 Å². The molecule has 0 aliphatic rings. The minimum atomic E-state index is -1.00. The minimum absolute atomic E-state index is 0.284. The lowest BCUT2D eigenvalue weighted by atomic mass is 10.1. The van der Waals surface area contributed by atoms with E-state index in [4.69, 9.17) is 0 Å². The predicted molar refractivity (Wildman–Crippen MR) is 104 cm³/mol. The number of benzene rings is 2. The van der Waals surface area contributed by atoms with Crippen LogP contribution in [0.1, 0.15) is 17.2 Å². The van der Waals surface area contributed by atoms with E-state index in [9.17, 15) is 14.7 Å². The van der Waals surface area contributed by atoms with Crippen molar-refractivity contribution >= 4 is 35.4 Å². The van der Waals surface area contributed by atoms with E-state index in [2.05, 4.69) is 5.32 Å². The van der Waals surface area contributed by atoms with Gasteiger partial charge in [-0.2, -0.15) is 11.8 Å². The number of thioether (sulfide) groups is 2. The monoisotopic (exact) mass is 375 g/mol. The van der Waals surface area contributed by atoms with Gasteiger partial charge in [-0.25, -0.2) is 4.79 Å². The number of carboxylic acid groups (broad SMARTS) is 1. The van der Waals surface area contributed by atoms with E-state index >= 15 is 0 Å². The Morgan fingerprint density at radius 3 is 2.20 bits per heavy atom. The smallest absolute Gasteiger partial charge is 0.326 e. The molecular formula is C19H21NO3S2. The number of carbonyl (C=O) groups excluding carboxylic acids is 1. The lowest BCUT2D eigenvalue weighted by molar-refractivity contribution is -0.141. The van der Waals surface area contributed by atoms with E-state index in [0.717, 1.165) is 10.5 Å². The van der Waals surface area contributed by atoms with Crippen molar-refractivity contribution in [1.29, 1.82) is 0 Å². The van der Waals surface area contributed by atoms with Crippen molar-refractivity contribution in [3.8, 4) is 0 Å². The van der Waals surface area contributed by atoms with Crippen molar-refractivity contribution in [2.75, 3.05) is 12.0 Å². The van der Waals surface area contributed by atoms with Gasteiger partial charge in [0.05, 0.1) is 0 Å². The number of hydrogen-bond acceptors (Lipinski definition) is 4. The van der Waals surface area contributed by atoms with E-state index in [1.54, 1.807) is 11.8 Å². The highest BCUT2D eigenvalue weighted by Gasteiger charge is 2.27. The second-order valence-corrected chi connectivity index (χ2v) is 7.57. The Hall–Kier alpha value is -1.92. The van der Waals surface area contributed by atoms with Crippen LogP contribution in [0.15, 0.2) is 65.6 Å². The molecule has 0 aliphatic carbocycles.